The zero-order chi connectivity index (χ0) is 14.4. The highest BCUT2D eigenvalue weighted by molar-refractivity contribution is 5.81. The van der Waals surface area contributed by atoms with E-state index < -0.39 is 6.17 Å². The minimum absolute atomic E-state index is 0.0227. The number of carbonyl (C=O) groups excluding carboxylic acids is 1. The van der Waals surface area contributed by atoms with Crippen molar-refractivity contribution in [1.82, 2.24) is 9.80 Å². The van der Waals surface area contributed by atoms with Gasteiger partial charge in [-0.25, -0.2) is 4.39 Å². The second-order valence-electron chi connectivity index (χ2n) is 7.36. The maximum Gasteiger partial charge on any atom is 0.226 e. The number of likely N-dealkylation sites (tertiary alicyclic amines) is 2. The number of halogens is 1. The fourth-order valence-corrected chi connectivity index (χ4v) is 4.41. The lowest BCUT2D eigenvalue weighted by Gasteiger charge is -2.47. The summed E-state index contributed by atoms with van der Waals surface area (Å²) < 4.78 is 18.3. The average molecular weight is 296 g/mol. The topological polar surface area (TPSA) is 32.8 Å². The Morgan fingerprint density at radius 2 is 1.90 bits per heavy atom. The van der Waals surface area contributed by atoms with Crippen molar-refractivity contribution in [1.29, 1.82) is 0 Å². The quantitative estimate of drug-likeness (QED) is 0.787. The molecule has 1 aliphatic carbocycles. The fraction of sp³-hybridized carbons (Fsp3) is 0.938. The summed E-state index contributed by atoms with van der Waals surface area (Å²) in [4.78, 5) is 16.9. The molecule has 0 aromatic carbocycles. The number of hydrogen-bond donors (Lipinski definition) is 0. The minimum atomic E-state index is -0.732. The van der Waals surface area contributed by atoms with Crippen LogP contribution in [0.2, 0.25) is 0 Å². The molecule has 0 aromatic heterocycles. The third-order valence-corrected chi connectivity index (χ3v) is 5.88. The van der Waals surface area contributed by atoms with Gasteiger partial charge in [0.1, 0.15) is 6.17 Å². The second-order valence-corrected chi connectivity index (χ2v) is 7.36. The number of ether oxygens (including phenoxy) is 1. The van der Waals surface area contributed by atoms with Gasteiger partial charge in [0.25, 0.3) is 0 Å². The van der Waals surface area contributed by atoms with Crippen molar-refractivity contribution in [3.8, 4) is 0 Å². The third-order valence-electron chi connectivity index (χ3n) is 5.88. The van der Waals surface area contributed by atoms with Crippen LogP contribution in [0.3, 0.4) is 0 Å². The Hall–Kier alpha value is -0.680. The van der Waals surface area contributed by atoms with E-state index in [1.807, 2.05) is 4.90 Å². The second kappa shape index (κ2) is 5.51. The van der Waals surface area contributed by atoms with Gasteiger partial charge in [-0.2, -0.15) is 0 Å². The van der Waals surface area contributed by atoms with Crippen LogP contribution in [0.25, 0.3) is 0 Å². The average Bonchev–Trinajstić information content (AvgIpc) is 2.74. The van der Waals surface area contributed by atoms with Crippen molar-refractivity contribution < 1.29 is 13.9 Å². The normalized spacial score (nSPS) is 40.5. The molecule has 4 aliphatic rings. The molecule has 0 aromatic rings. The zero-order valence-corrected chi connectivity index (χ0v) is 12.5. The van der Waals surface area contributed by atoms with Crippen molar-refractivity contribution in [2.75, 3.05) is 39.4 Å². The first-order valence-electron chi connectivity index (χ1n) is 8.45. The van der Waals surface area contributed by atoms with E-state index in [1.165, 1.54) is 12.8 Å². The first kappa shape index (κ1) is 13.9. The smallest absolute Gasteiger partial charge is 0.226 e. The first-order chi connectivity index (χ1) is 10.2. The predicted molar refractivity (Wildman–Crippen MR) is 76.6 cm³/mol. The molecule has 2 atom stereocenters. The molecular weight excluding hydrogens is 271 g/mol. The highest BCUT2D eigenvalue weighted by atomic mass is 19.1. The van der Waals surface area contributed by atoms with Crippen LogP contribution in [0.1, 0.15) is 25.7 Å². The van der Waals surface area contributed by atoms with Crippen LogP contribution in [0, 0.1) is 17.8 Å². The zero-order valence-electron chi connectivity index (χ0n) is 12.5. The number of fused-ring (bicyclic) bond motifs is 1. The molecule has 118 valence electrons. The van der Waals surface area contributed by atoms with Crippen LogP contribution in [0.4, 0.5) is 4.39 Å². The van der Waals surface area contributed by atoms with Crippen LogP contribution < -0.4 is 0 Å². The largest absolute Gasteiger partial charge is 0.381 e. The third kappa shape index (κ3) is 2.59. The molecule has 4 rings (SSSR count). The minimum Gasteiger partial charge on any atom is -0.381 e. The van der Waals surface area contributed by atoms with Crippen molar-refractivity contribution in [2.45, 2.75) is 37.9 Å². The van der Waals surface area contributed by atoms with Gasteiger partial charge >= 0.3 is 0 Å². The monoisotopic (exact) mass is 296 g/mol. The molecular formula is C16H25FN2O2. The van der Waals surface area contributed by atoms with E-state index >= 15 is 0 Å². The molecule has 0 radical (unpaired) electrons. The number of nitrogens with zero attached hydrogens (tertiary/aromatic N) is 2. The maximum absolute atomic E-state index is 12.9. The number of alkyl halides is 1. The molecule has 3 aliphatic heterocycles. The Morgan fingerprint density at radius 3 is 2.62 bits per heavy atom. The van der Waals surface area contributed by atoms with Gasteiger partial charge in [0.05, 0.1) is 6.04 Å². The van der Waals surface area contributed by atoms with Crippen LogP contribution in [0.15, 0.2) is 0 Å². The molecule has 3 heterocycles. The maximum atomic E-state index is 12.9. The van der Waals surface area contributed by atoms with E-state index in [2.05, 4.69) is 4.90 Å². The first-order valence-corrected chi connectivity index (χ1v) is 8.45. The fourth-order valence-electron chi connectivity index (χ4n) is 4.41. The summed E-state index contributed by atoms with van der Waals surface area (Å²) in [5.74, 6) is 1.62. The molecule has 3 saturated heterocycles. The Labute approximate surface area is 125 Å². The molecule has 0 N–H and O–H groups in total. The van der Waals surface area contributed by atoms with E-state index in [1.54, 1.807) is 0 Å². The lowest BCUT2D eigenvalue weighted by Crippen LogP contribution is -2.60. The SMILES string of the molecule is O=C(C1CC(F)C1)N1C[C@@H]2CN(CC3CCOCC3)C[C@@H]21. The highest BCUT2D eigenvalue weighted by Crippen LogP contribution is 2.38. The molecule has 4 fully saturated rings. The van der Waals surface area contributed by atoms with Gasteiger partial charge in [0.2, 0.25) is 5.91 Å². The van der Waals surface area contributed by atoms with Crippen molar-refractivity contribution in [3.05, 3.63) is 0 Å². The van der Waals surface area contributed by atoms with Crippen LogP contribution >= 0.6 is 0 Å². The molecule has 1 amide bonds. The van der Waals surface area contributed by atoms with Gasteiger partial charge in [-0.05, 0) is 31.6 Å². The van der Waals surface area contributed by atoms with Gasteiger partial charge in [-0.1, -0.05) is 0 Å². The highest BCUT2D eigenvalue weighted by Gasteiger charge is 2.50. The summed E-state index contributed by atoms with van der Waals surface area (Å²) in [7, 11) is 0. The van der Waals surface area contributed by atoms with E-state index in [9.17, 15) is 9.18 Å². The van der Waals surface area contributed by atoms with Gasteiger partial charge in [0, 0.05) is 51.2 Å². The molecule has 5 heteroatoms. The molecule has 21 heavy (non-hydrogen) atoms. The van der Waals surface area contributed by atoms with Gasteiger partial charge < -0.3 is 14.5 Å². The van der Waals surface area contributed by atoms with E-state index in [4.69, 9.17) is 4.74 Å². The van der Waals surface area contributed by atoms with Crippen molar-refractivity contribution >= 4 is 5.91 Å². The standard InChI is InChI=1S/C16H25FN2O2/c17-14-5-12(6-14)16(20)19-9-13-8-18(10-15(13)19)7-11-1-3-21-4-2-11/h11-15H,1-10H2/t12?,13-,14?,15-/m0/s1. The molecule has 0 unspecified atom stereocenters. The van der Waals surface area contributed by atoms with E-state index in [0.717, 1.165) is 45.3 Å². The lowest BCUT2D eigenvalue weighted by atomic mass is 9.80. The summed E-state index contributed by atoms with van der Waals surface area (Å²) in [5, 5.41) is 0. The van der Waals surface area contributed by atoms with Crippen molar-refractivity contribution in [3.63, 3.8) is 0 Å². The summed E-state index contributed by atoms with van der Waals surface area (Å²) in [5.41, 5.74) is 0. The van der Waals surface area contributed by atoms with Crippen LogP contribution in [-0.2, 0) is 9.53 Å². The number of amides is 1. The van der Waals surface area contributed by atoms with Gasteiger partial charge in [0.15, 0.2) is 0 Å². The Kier molecular flexibility index (Phi) is 3.66. The Morgan fingerprint density at radius 1 is 1.14 bits per heavy atom. The molecule has 1 saturated carbocycles. The number of rotatable bonds is 3. The predicted octanol–water partition coefficient (Wildman–Crippen LogP) is 1.30. The Bertz CT molecular complexity index is 407. The van der Waals surface area contributed by atoms with E-state index in [0.29, 0.717) is 24.8 Å². The molecule has 0 spiro atoms. The summed E-state index contributed by atoms with van der Waals surface area (Å²) in [6.45, 7) is 6.04. The molecule has 0 bridgehead atoms. The van der Waals surface area contributed by atoms with Gasteiger partial charge in [-0.15, -0.1) is 0 Å². The number of hydrogen-bond acceptors (Lipinski definition) is 3. The van der Waals surface area contributed by atoms with Crippen LogP contribution in [-0.4, -0.2) is 67.3 Å². The van der Waals surface area contributed by atoms with Crippen molar-refractivity contribution in [2.24, 2.45) is 17.8 Å². The molecule has 4 nitrogen and oxygen atoms in total. The summed E-state index contributed by atoms with van der Waals surface area (Å²) in [6, 6.07) is 0.413. The lowest BCUT2D eigenvalue weighted by molar-refractivity contribution is -0.150. The van der Waals surface area contributed by atoms with Gasteiger partial charge in [-0.3, -0.25) is 4.79 Å². The summed E-state index contributed by atoms with van der Waals surface area (Å²) in [6.07, 6.45) is 2.53. The summed E-state index contributed by atoms with van der Waals surface area (Å²) >= 11 is 0. The number of carbonyl (C=O) groups is 1. The Balaban J connectivity index is 1.27. The van der Waals surface area contributed by atoms with E-state index in [-0.39, 0.29) is 11.8 Å². The van der Waals surface area contributed by atoms with Crippen LogP contribution in [0.5, 0.6) is 0 Å².